The Kier molecular flexibility index (Phi) is 4.22. The summed E-state index contributed by atoms with van der Waals surface area (Å²) < 4.78 is 0. The lowest BCUT2D eigenvalue weighted by Gasteiger charge is -2.32. The number of rotatable bonds is 3. The van der Waals surface area contributed by atoms with E-state index in [9.17, 15) is 4.79 Å². The van der Waals surface area contributed by atoms with E-state index in [4.69, 9.17) is 0 Å². The maximum atomic E-state index is 12.8. The predicted octanol–water partition coefficient (Wildman–Crippen LogP) is 2.57. The van der Waals surface area contributed by atoms with E-state index in [-0.39, 0.29) is 17.4 Å². The highest BCUT2D eigenvalue weighted by molar-refractivity contribution is 5.94. The second-order valence-electron chi connectivity index (χ2n) is 7.14. The number of fused-ring (bicyclic) bond motifs is 1. The summed E-state index contributed by atoms with van der Waals surface area (Å²) in [4.78, 5) is 12.8. The first-order chi connectivity index (χ1) is 11.0. The number of nitrogens with one attached hydrogen (secondary N) is 3. The molecule has 0 spiro atoms. The van der Waals surface area contributed by atoms with Crippen LogP contribution in [-0.2, 0) is 13.0 Å². The van der Waals surface area contributed by atoms with Gasteiger partial charge in [-0.2, -0.15) is 5.10 Å². The summed E-state index contributed by atoms with van der Waals surface area (Å²) in [6, 6.07) is 10.0. The third-order valence-corrected chi connectivity index (χ3v) is 4.30. The second kappa shape index (κ2) is 6.16. The van der Waals surface area contributed by atoms with Crippen molar-refractivity contribution in [3.05, 3.63) is 52.8 Å². The lowest BCUT2D eigenvalue weighted by atomic mass is 9.82. The minimum atomic E-state index is -0.116. The van der Waals surface area contributed by atoms with Crippen molar-refractivity contribution < 1.29 is 4.79 Å². The van der Waals surface area contributed by atoms with Crippen LogP contribution in [0.3, 0.4) is 0 Å². The van der Waals surface area contributed by atoms with Crippen LogP contribution in [0.2, 0.25) is 0 Å². The lowest BCUT2D eigenvalue weighted by molar-refractivity contribution is 0.0895. The first-order valence-corrected chi connectivity index (χ1v) is 8.09. The number of H-pyrrole nitrogens is 1. The molecule has 0 bridgehead atoms. The van der Waals surface area contributed by atoms with Crippen molar-refractivity contribution in [3.63, 3.8) is 0 Å². The molecular weight excluding hydrogens is 288 g/mol. The number of aromatic amines is 1. The highest BCUT2D eigenvalue weighted by Crippen LogP contribution is 2.33. The van der Waals surface area contributed by atoms with Crippen molar-refractivity contribution in [3.8, 4) is 0 Å². The van der Waals surface area contributed by atoms with E-state index in [1.165, 1.54) is 0 Å². The van der Waals surface area contributed by atoms with E-state index >= 15 is 0 Å². The topological polar surface area (TPSA) is 69.8 Å². The van der Waals surface area contributed by atoms with Gasteiger partial charge in [0.2, 0.25) is 0 Å². The normalized spacial score (nSPS) is 15.8. The van der Waals surface area contributed by atoms with Crippen molar-refractivity contribution in [1.82, 2.24) is 20.8 Å². The minimum Gasteiger partial charge on any atom is -0.343 e. The number of benzene rings is 1. The van der Waals surface area contributed by atoms with E-state index in [0.717, 1.165) is 29.8 Å². The number of hydrogen-bond acceptors (Lipinski definition) is 3. The molecule has 0 fully saturated rings. The van der Waals surface area contributed by atoms with Crippen LogP contribution in [0.1, 0.15) is 54.1 Å². The van der Waals surface area contributed by atoms with Crippen LogP contribution in [0, 0.1) is 5.41 Å². The van der Waals surface area contributed by atoms with Crippen molar-refractivity contribution in [2.75, 3.05) is 6.54 Å². The third-order valence-electron chi connectivity index (χ3n) is 4.30. The Hall–Kier alpha value is -2.14. The summed E-state index contributed by atoms with van der Waals surface area (Å²) in [5.74, 6) is -0.116. The molecule has 23 heavy (non-hydrogen) atoms. The molecule has 1 aliphatic heterocycles. The molecule has 5 nitrogen and oxygen atoms in total. The van der Waals surface area contributed by atoms with Crippen LogP contribution in [-0.4, -0.2) is 22.6 Å². The monoisotopic (exact) mass is 312 g/mol. The number of hydrogen-bond donors (Lipinski definition) is 3. The molecule has 1 unspecified atom stereocenters. The molecule has 1 amide bonds. The molecule has 5 heteroatoms. The smallest absolute Gasteiger partial charge is 0.272 e. The molecule has 2 aromatic rings. The van der Waals surface area contributed by atoms with Gasteiger partial charge in [-0.3, -0.25) is 9.89 Å². The summed E-state index contributed by atoms with van der Waals surface area (Å²) in [6.07, 6.45) is 0.886. The van der Waals surface area contributed by atoms with Crippen LogP contribution in [0.15, 0.2) is 30.3 Å². The fourth-order valence-electron chi connectivity index (χ4n) is 3.06. The van der Waals surface area contributed by atoms with Crippen LogP contribution < -0.4 is 10.6 Å². The quantitative estimate of drug-likeness (QED) is 0.816. The van der Waals surface area contributed by atoms with Crippen molar-refractivity contribution >= 4 is 5.91 Å². The molecule has 3 N–H and O–H groups in total. The van der Waals surface area contributed by atoms with Gasteiger partial charge in [0.25, 0.3) is 5.91 Å². The lowest BCUT2D eigenvalue weighted by Crippen LogP contribution is -2.37. The van der Waals surface area contributed by atoms with Gasteiger partial charge >= 0.3 is 0 Å². The molecule has 0 saturated carbocycles. The van der Waals surface area contributed by atoms with Crippen molar-refractivity contribution in [2.24, 2.45) is 5.41 Å². The summed E-state index contributed by atoms with van der Waals surface area (Å²) in [5, 5.41) is 13.7. The van der Waals surface area contributed by atoms with Gasteiger partial charge in [-0.05, 0) is 11.0 Å². The maximum Gasteiger partial charge on any atom is 0.272 e. The predicted molar refractivity (Wildman–Crippen MR) is 90.1 cm³/mol. The summed E-state index contributed by atoms with van der Waals surface area (Å²) >= 11 is 0. The van der Waals surface area contributed by atoms with Gasteiger partial charge < -0.3 is 10.6 Å². The fourth-order valence-corrected chi connectivity index (χ4v) is 3.06. The maximum absolute atomic E-state index is 12.8. The average molecular weight is 312 g/mol. The summed E-state index contributed by atoms with van der Waals surface area (Å²) in [7, 11) is 0. The zero-order valence-corrected chi connectivity index (χ0v) is 13.9. The largest absolute Gasteiger partial charge is 0.343 e. The summed E-state index contributed by atoms with van der Waals surface area (Å²) in [6.45, 7) is 8.01. The van der Waals surface area contributed by atoms with Crippen LogP contribution in [0.25, 0.3) is 0 Å². The van der Waals surface area contributed by atoms with Gasteiger partial charge in [-0.25, -0.2) is 0 Å². The minimum absolute atomic E-state index is 0.0694. The van der Waals surface area contributed by atoms with Gasteiger partial charge in [-0.15, -0.1) is 0 Å². The van der Waals surface area contributed by atoms with E-state index in [1.807, 2.05) is 18.2 Å². The zero-order chi connectivity index (χ0) is 16.4. The zero-order valence-electron chi connectivity index (χ0n) is 13.9. The van der Waals surface area contributed by atoms with Gasteiger partial charge in [0.05, 0.1) is 6.04 Å². The number of nitrogens with zero attached hydrogens (tertiary/aromatic N) is 1. The number of aromatic nitrogens is 2. The van der Waals surface area contributed by atoms with Crippen molar-refractivity contribution in [1.29, 1.82) is 0 Å². The SMILES string of the molecule is CC(C)(C)C(NC(=O)c1n[nH]c2c1CNCC2)c1ccccc1. The Morgan fingerprint density at radius 2 is 2.00 bits per heavy atom. The highest BCUT2D eigenvalue weighted by atomic mass is 16.2. The first-order valence-electron chi connectivity index (χ1n) is 8.09. The molecule has 3 rings (SSSR count). The number of carbonyl (C=O) groups excluding carboxylic acids is 1. The third kappa shape index (κ3) is 3.29. The molecule has 2 heterocycles. The molecular formula is C18H24N4O. The Balaban J connectivity index is 1.86. The standard InChI is InChI=1S/C18H24N4O/c1-18(2,3)16(12-7-5-4-6-8-12)20-17(23)15-13-11-19-10-9-14(13)21-22-15/h4-8,16,19H,9-11H2,1-3H3,(H,20,23)(H,21,22). The molecule has 1 aromatic carbocycles. The summed E-state index contributed by atoms with van der Waals surface area (Å²) in [5.41, 5.74) is 3.59. The molecule has 0 aliphatic carbocycles. The van der Waals surface area contributed by atoms with Gasteiger partial charge in [0.15, 0.2) is 5.69 Å². The Bertz CT molecular complexity index is 685. The van der Waals surface area contributed by atoms with E-state index < -0.39 is 0 Å². The van der Waals surface area contributed by atoms with Gasteiger partial charge in [0, 0.05) is 30.8 Å². The van der Waals surface area contributed by atoms with E-state index in [1.54, 1.807) is 0 Å². The molecule has 1 atom stereocenters. The highest BCUT2D eigenvalue weighted by Gasteiger charge is 2.30. The number of carbonyl (C=O) groups is 1. The van der Waals surface area contributed by atoms with Gasteiger partial charge in [0.1, 0.15) is 0 Å². The number of amides is 1. The average Bonchev–Trinajstić information content (AvgIpc) is 2.96. The molecule has 0 radical (unpaired) electrons. The first kappa shape index (κ1) is 15.7. The van der Waals surface area contributed by atoms with Crippen LogP contribution >= 0.6 is 0 Å². The Morgan fingerprint density at radius 3 is 2.70 bits per heavy atom. The van der Waals surface area contributed by atoms with Crippen molar-refractivity contribution in [2.45, 2.75) is 39.8 Å². The molecule has 0 saturated heterocycles. The van der Waals surface area contributed by atoms with Gasteiger partial charge in [-0.1, -0.05) is 51.1 Å². The molecule has 122 valence electrons. The van der Waals surface area contributed by atoms with E-state index in [0.29, 0.717) is 12.2 Å². The molecule has 1 aromatic heterocycles. The Morgan fingerprint density at radius 1 is 1.26 bits per heavy atom. The Labute approximate surface area is 136 Å². The van der Waals surface area contributed by atoms with E-state index in [2.05, 4.69) is 53.7 Å². The van der Waals surface area contributed by atoms with Crippen LogP contribution in [0.4, 0.5) is 0 Å². The second-order valence-corrected chi connectivity index (χ2v) is 7.14. The van der Waals surface area contributed by atoms with Crippen LogP contribution in [0.5, 0.6) is 0 Å². The molecule has 1 aliphatic rings. The fraction of sp³-hybridized carbons (Fsp3) is 0.444.